The summed E-state index contributed by atoms with van der Waals surface area (Å²) >= 11 is 0. The number of aromatic hydroxyl groups is 1. The van der Waals surface area contributed by atoms with E-state index in [2.05, 4.69) is 0 Å². The third-order valence-corrected chi connectivity index (χ3v) is 4.69. The van der Waals surface area contributed by atoms with Crippen molar-refractivity contribution in [1.29, 1.82) is 0 Å². The smallest absolute Gasteiger partial charge is 0.472 e. The van der Waals surface area contributed by atoms with Crippen molar-refractivity contribution in [1.82, 2.24) is 0 Å². The summed E-state index contributed by atoms with van der Waals surface area (Å²) in [6, 6.07) is 10.6. The first-order valence-electron chi connectivity index (χ1n) is 7.58. The molecule has 0 saturated carbocycles. The van der Waals surface area contributed by atoms with Crippen LogP contribution in [0, 0.1) is 0 Å². The molecule has 2 N–H and O–H groups in total. The Labute approximate surface area is 140 Å². The highest BCUT2D eigenvalue weighted by atomic mass is 31.2. The predicted octanol–water partition coefficient (Wildman–Crippen LogP) is 3.99. The summed E-state index contributed by atoms with van der Waals surface area (Å²) in [6.45, 7) is 3.62. The van der Waals surface area contributed by atoms with Crippen LogP contribution in [0.25, 0.3) is 11.1 Å². The van der Waals surface area contributed by atoms with Gasteiger partial charge in [-0.2, -0.15) is 0 Å². The first-order valence-corrected chi connectivity index (χ1v) is 9.07. The van der Waals surface area contributed by atoms with Crippen LogP contribution >= 0.6 is 7.82 Å². The molecule has 1 aliphatic heterocycles. The Morgan fingerprint density at radius 3 is 2.71 bits per heavy atom. The Balaban J connectivity index is 1.78. The lowest BCUT2D eigenvalue weighted by atomic mass is 9.96. The number of benzene rings is 2. The topological polar surface area (TPSA) is 85.2 Å². The number of ether oxygens (including phenoxy) is 1. The quantitative estimate of drug-likeness (QED) is 0.793. The summed E-state index contributed by atoms with van der Waals surface area (Å²) < 4.78 is 27.3. The van der Waals surface area contributed by atoms with E-state index in [1.165, 1.54) is 0 Å². The largest absolute Gasteiger partial charge is 0.508 e. The Morgan fingerprint density at radius 2 is 1.96 bits per heavy atom. The lowest BCUT2D eigenvalue weighted by molar-refractivity contribution is 0.116. The van der Waals surface area contributed by atoms with Crippen LogP contribution < -0.4 is 4.74 Å². The highest BCUT2D eigenvalue weighted by Gasteiger charge is 2.23. The average Bonchev–Trinajstić information content (AvgIpc) is 2.51. The summed E-state index contributed by atoms with van der Waals surface area (Å²) in [7, 11) is -4.07. The maximum absolute atomic E-state index is 11.7. The lowest BCUT2D eigenvalue weighted by Crippen LogP contribution is -2.06. The zero-order chi connectivity index (χ0) is 17.3. The number of rotatable bonds is 5. The van der Waals surface area contributed by atoms with Crippen LogP contribution in [0.2, 0.25) is 0 Å². The Hall–Kier alpha value is -1.85. The van der Waals surface area contributed by atoms with Crippen molar-refractivity contribution < 1.29 is 28.3 Å². The molecule has 7 heteroatoms. The Kier molecular flexibility index (Phi) is 4.65. The van der Waals surface area contributed by atoms with Crippen LogP contribution in [0.5, 0.6) is 11.5 Å². The van der Waals surface area contributed by atoms with E-state index < -0.39 is 13.9 Å². The average molecular weight is 350 g/mol. The van der Waals surface area contributed by atoms with Gasteiger partial charge in [-0.3, -0.25) is 9.05 Å². The second kappa shape index (κ2) is 6.57. The van der Waals surface area contributed by atoms with E-state index in [-0.39, 0.29) is 12.4 Å². The third-order valence-electron chi connectivity index (χ3n) is 3.55. The van der Waals surface area contributed by atoms with Gasteiger partial charge in [-0.15, -0.1) is 0 Å². The number of fused-ring (bicyclic) bond motifs is 3. The summed E-state index contributed by atoms with van der Waals surface area (Å²) in [5, 5.41) is 9.55. The third kappa shape index (κ3) is 3.79. The zero-order valence-electron chi connectivity index (χ0n) is 13.4. The molecule has 1 heterocycles. The molecule has 1 atom stereocenters. The molecule has 0 saturated heterocycles. The van der Waals surface area contributed by atoms with Gasteiger partial charge >= 0.3 is 7.82 Å². The fraction of sp³-hybridized carbons (Fsp3) is 0.294. The van der Waals surface area contributed by atoms with Crippen LogP contribution in [0.4, 0.5) is 0 Å². The molecule has 24 heavy (non-hydrogen) atoms. The fourth-order valence-corrected chi connectivity index (χ4v) is 3.48. The molecule has 0 spiro atoms. The molecule has 0 aliphatic carbocycles. The molecule has 2 aromatic rings. The van der Waals surface area contributed by atoms with Crippen LogP contribution in [0.15, 0.2) is 36.4 Å². The zero-order valence-corrected chi connectivity index (χ0v) is 14.3. The monoisotopic (exact) mass is 350 g/mol. The van der Waals surface area contributed by atoms with Crippen LogP contribution in [0.1, 0.15) is 25.0 Å². The van der Waals surface area contributed by atoms with Gasteiger partial charge in [0.05, 0.1) is 12.7 Å². The van der Waals surface area contributed by atoms with E-state index in [9.17, 15) is 14.6 Å². The van der Waals surface area contributed by atoms with E-state index in [0.29, 0.717) is 17.9 Å². The normalized spacial score (nSPS) is 15.3. The molecule has 0 bridgehead atoms. The number of phenolic OH excluding ortho intramolecular Hbond substituents is 1. The van der Waals surface area contributed by atoms with Crippen molar-refractivity contribution in [3.05, 3.63) is 47.5 Å². The molecule has 0 radical (unpaired) electrons. The first-order chi connectivity index (χ1) is 11.3. The van der Waals surface area contributed by atoms with Crippen molar-refractivity contribution >= 4 is 7.82 Å². The summed E-state index contributed by atoms with van der Waals surface area (Å²) in [5.41, 5.74) is 3.53. The van der Waals surface area contributed by atoms with Gasteiger partial charge in [0.1, 0.15) is 18.1 Å². The molecule has 128 valence electrons. The molecule has 6 nitrogen and oxygen atoms in total. The second-order valence-corrected chi connectivity index (χ2v) is 7.26. The van der Waals surface area contributed by atoms with Gasteiger partial charge in [0, 0.05) is 11.1 Å². The van der Waals surface area contributed by atoms with Gasteiger partial charge < -0.3 is 14.7 Å². The van der Waals surface area contributed by atoms with Gasteiger partial charge in [0.15, 0.2) is 0 Å². The second-order valence-electron chi connectivity index (χ2n) is 5.86. The van der Waals surface area contributed by atoms with E-state index in [0.717, 1.165) is 16.7 Å². The van der Waals surface area contributed by atoms with E-state index >= 15 is 0 Å². The molecule has 3 rings (SSSR count). The first kappa shape index (κ1) is 17.0. The molecule has 0 amide bonds. The van der Waals surface area contributed by atoms with Crippen LogP contribution in [-0.4, -0.2) is 16.1 Å². The Morgan fingerprint density at radius 1 is 1.21 bits per heavy atom. The molecule has 1 aliphatic rings. The van der Waals surface area contributed by atoms with Gasteiger partial charge in [-0.1, -0.05) is 18.2 Å². The minimum Gasteiger partial charge on any atom is -0.508 e. The minimum absolute atomic E-state index is 0.0560. The van der Waals surface area contributed by atoms with Gasteiger partial charge in [-0.25, -0.2) is 4.57 Å². The van der Waals surface area contributed by atoms with Crippen molar-refractivity contribution in [2.24, 2.45) is 0 Å². The van der Waals surface area contributed by atoms with Crippen molar-refractivity contribution in [3.63, 3.8) is 0 Å². The van der Waals surface area contributed by atoms with Crippen molar-refractivity contribution in [2.45, 2.75) is 33.2 Å². The lowest BCUT2D eigenvalue weighted by Gasteiger charge is -2.22. The van der Waals surface area contributed by atoms with Gasteiger partial charge in [-0.05, 0) is 43.2 Å². The Bertz CT molecular complexity index is 802. The highest BCUT2D eigenvalue weighted by Crippen LogP contribution is 2.46. The maximum Gasteiger partial charge on any atom is 0.472 e. The van der Waals surface area contributed by atoms with Crippen LogP contribution in [-0.2, 0) is 26.8 Å². The minimum atomic E-state index is -4.07. The number of phosphoric ester groups is 1. The highest BCUT2D eigenvalue weighted by molar-refractivity contribution is 7.47. The molecular weight excluding hydrogens is 331 g/mol. The summed E-state index contributed by atoms with van der Waals surface area (Å²) in [6.07, 6.45) is -0.402. The van der Waals surface area contributed by atoms with Gasteiger partial charge in [0.25, 0.3) is 0 Å². The molecule has 1 unspecified atom stereocenters. The summed E-state index contributed by atoms with van der Waals surface area (Å²) in [4.78, 5) is 9.60. The number of phosphoric acid groups is 1. The maximum atomic E-state index is 11.7. The van der Waals surface area contributed by atoms with Crippen molar-refractivity contribution in [3.8, 4) is 22.6 Å². The van der Waals surface area contributed by atoms with Gasteiger partial charge in [0.2, 0.25) is 0 Å². The summed E-state index contributed by atoms with van der Waals surface area (Å²) in [5.74, 6) is 0.876. The SMILES string of the molecule is CC(C)OP(=O)(O)OCc1ccc2c(c1)OCc1cc(O)ccc1-2. The number of hydrogen-bond acceptors (Lipinski definition) is 5. The molecule has 2 aromatic carbocycles. The molecule has 0 fully saturated rings. The van der Waals surface area contributed by atoms with E-state index in [1.54, 1.807) is 38.1 Å². The van der Waals surface area contributed by atoms with E-state index in [4.69, 9.17) is 13.8 Å². The predicted molar refractivity (Wildman–Crippen MR) is 88.7 cm³/mol. The number of hydrogen-bond donors (Lipinski definition) is 2. The standard InChI is InChI=1S/C17H19O6P/c1-11(2)23-24(19,20)22-9-12-3-5-16-15-6-4-14(18)8-13(15)10-21-17(16)7-12/h3-8,11,18H,9-10H2,1-2H3,(H,19,20). The van der Waals surface area contributed by atoms with Crippen molar-refractivity contribution in [2.75, 3.05) is 0 Å². The fourth-order valence-electron chi connectivity index (χ4n) is 2.57. The number of phenols is 1. The van der Waals surface area contributed by atoms with Crippen LogP contribution in [0.3, 0.4) is 0 Å². The van der Waals surface area contributed by atoms with E-state index in [1.807, 2.05) is 12.1 Å². The molecular formula is C17H19O6P. The molecule has 0 aromatic heterocycles.